The Kier molecular flexibility index (Phi) is 14.0. The van der Waals surface area contributed by atoms with Crippen LogP contribution in [0.4, 0.5) is 0 Å². The second-order valence-electron chi connectivity index (χ2n) is 4.89. The molecule has 0 amide bonds. The molecule has 0 aromatic rings. The molecule has 0 bridgehead atoms. The summed E-state index contributed by atoms with van der Waals surface area (Å²) < 4.78 is 0. The van der Waals surface area contributed by atoms with Gasteiger partial charge >= 0.3 is 0 Å². The Labute approximate surface area is 97.8 Å². The Balaban J connectivity index is 0.000000262. The molecule has 0 radical (unpaired) electrons. The molecule has 1 rings (SSSR count). The van der Waals surface area contributed by atoms with Crippen molar-refractivity contribution in [2.24, 2.45) is 0 Å². The maximum atomic E-state index is 2.26. The molecular weight excluding hydrogens is 180 g/mol. The first-order valence-electron chi connectivity index (χ1n) is 7.41. The van der Waals surface area contributed by atoms with Gasteiger partial charge in [0.25, 0.3) is 0 Å². The fourth-order valence-electron chi connectivity index (χ4n) is 2.09. The summed E-state index contributed by atoms with van der Waals surface area (Å²) >= 11 is 0. The van der Waals surface area contributed by atoms with Crippen molar-refractivity contribution in [2.75, 3.05) is 0 Å². The minimum absolute atomic E-state index is 1.36. The highest BCUT2D eigenvalue weighted by Crippen LogP contribution is 2.15. The van der Waals surface area contributed by atoms with Gasteiger partial charge in [0.15, 0.2) is 0 Å². The van der Waals surface area contributed by atoms with Crippen molar-refractivity contribution in [3.05, 3.63) is 0 Å². The Morgan fingerprint density at radius 2 is 0.733 bits per heavy atom. The number of rotatable bonds is 5. The van der Waals surface area contributed by atoms with Crippen LogP contribution in [0.5, 0.6) is 0 Å². The molecule has 0 unspecified atom stereocenters. The van der Waals surface area contributed by atoms with Crippen LogP contribution in [-0.4, -0.2) is 0 Å². The molecule has 15 heavy (non-hydrogen) atoms. The van der Waals surface area contributed by atoms with Crippen LogP contribution >= 0.6 is 0 Å². The van der Waals surface area contributed by atoms with Gasteiger partial charge in [-0.2, -0.15) is 0 Å². The molecule has 0 atom stereocenters. The third-order valence-corrected chi connectivity index (χ3v) is 3.21. The van der Waals surface area contributed by atoms with Gasteiger partial charge in [0.1, 0.15) is 0 Å². The lowest BCUT2D eigenvalue weighted by atomic mass is 10.1. The summed E-state index contributed by atoms with van der Waals surface area (Å²) in [5.74, 6) is 0. The van der Waals surface area contributed by atoms with Crippen LogP contribution in [0.25, 0.3) is 0 Å². The standard InChI is InChI=1S/C8H18.C7H14/c1-3-5-7-8-6-4-2;1-2-4-6-7-5-3-1/h3-8H2,1-2H3;1-7H2. The van der Waals surface area contributed by atoms with Gasteiger partial charge in [0.2, 0.25) is 0 Å². The molecule has 0 nitrogen and oxygen atoms in total. The molecule has 0 saturated heterocycles. The van der Waals surface area contributed by atoms with E-state index in [9.17, 15) is 0 Å². The average Bonchev–Trinajstić information content (AvgIpc) is 2.57. The van der Waals surface area contributed by atoms with Crippen molar-refractivity contribution in [1.82, 2.24) is 0 Å². The highest BCUT2D eigenvalue weighted by molar-refractivity contribution is 4.51. The SMILES string of the molecule is C1CCCCCC1.CCCCCCCC. The number of hydrogen-bond donors (Lipinski definition) is 0. The second kappa shape index (κ2) is 14.0. The summed E-state index contributed by atoms with van der Waals surface area (Å²) in [6, 6.07) is 0. The van der Waals surface area contributed by atoms with E-state index in [0.717, 1.165) is 0 Å². The van der Waals surface area contributed by atoms with Gasteiger partial charge < -0.3 is 0 Å². The molecule has 0 N–H and O–H groups in total. The first-order chi connectivity index (χ1) is 7.41. The van der Waals surface area contributed by atoms with E-state index in [1.54, 1.807) is 0 Å². The summed E-state index contributed by atoms with van der Waals surface area (Å²) in [6.45, 7) is 4.51. The molecule has 1 saturated carbocycles. The van der Waals surface area contributed by atoms with E-state index in [2.05, 4.69) is 13.8 Å². The molecule has 92 valence electrons. The van der Waals surface area contributed by atoms with Crippen LogP contribution in [0.1, 0.15) is 97.3 Å². The van der Waals surface area contributed by atoms with Crippen LogP contribution < -0.4 is 0 Å². The fourth-order valence-corrected chi connectivity index (χ4v) is 2.09. The summed E-state index contributed by atoms with van der Waals surface area (Å²) in [5, 5.41) is 0. The van der Waals surface area contributed by atoms with E-state index in [1.165, 1.54) is 83.5 Å². The van der Waals surface area contributed by atoms with Crippen molar-refractivity contribution in [1.29, 1.82) is 0 Å². The van der Waals surface area contributed by atoms with Gasteiger partial charge in [0, 0.05) is 0 Å². The van der Waals surface area contributed by atoms with Crippen LogP contribution in [0.15, 0.2) is 0 Å². The number of unbranched alkanes of at least 4 members (excludes halogenated alkanes) is 5. The lowest BCUT2D eigenvalue weighted by Gasteiger charge is -1.93. The summed E-state index contributed by atoms with van der Waals surface area (Å²) in [4.78, 5) is 0. The van der Waals surface area contributed by atoms with E-state index in [1.807, 2.05) is 0 Å². The Hall–Kier alpha value is 0. The second-order valence-corrected chi connectivity index (χ2v) is 4.89. The first-order valence-corrected chi connectivity index (χ1v) is 7.41. The predicted molar refractivity (Wildman–Crippen MR) is 71.4 cm³/mol. The average molecular weight is 212 g/mol. The smallest absolute Gasteiger partial charge is 0.0533 e. The van der Waals surface area contributed by atoms with Crippen molar-refractivity contribution in [2.45, 2.75) is 97.3 Å². The molecule has 1 aliphatic rings. The molecule has 0 aromatic carbocycles. The summed E-state index contributed by atoms with van der Waals surface area (Å²) in [5.41, 5.74) is 0. The number of hydrogen-bond acceptors (Lipinski definition) is 0. The first kappa shape index (κ1) is 15.0. The Morgan fingerprint density at radius 3 is 0.933 bits per heavy atom. The zero-order chi connectivity index (χ0) is 11.2. The van der Waals surface area contributed by atoms with Crippen molar-refractivity contribution in [3.63, 3.8) is 0 Å². The van der Waals surface area contributed by atoms with Gasteiger partial charge in [-0.15, -0.1) is 0 Å². The quantitative estimate of drug-likeness (QED) is 0.381. The van der Waals surface area contributed by atoms with Crippen LogP contribution in [-0.2, 0) is 0 Å². The molecule has 0 heteroatoms. The largest absolute Gasteiger partial charge is 0.0654 e. The van der Waals surface area contributed by atoms with Gasteiger partial charge in [-0.05, 0) is 0 Å². The van der Waals surface area contributed by atoms with E-state index in [-0.39, 0.29) is 0 Å². The minimum Gasteiger partial charge on any atom is -0.0654 e. The van der Waals surface area contributed by atoms with Crippen molar-refractivity contribution in [3.8, 4) is 0 Å². The van der Waals surface area contributed by atoms with Crippen LogP contribution in [0.3, 0.4) is 0 Å². The van der Waals surface area contributed by atoms with Crippen LogP contribution in [0, 0.1) is 0 Å². The van der Waals surface area contributed by atoms with E-state index < -0.39 is 0 Å². The van der Waals surface area contributed by atoms with Gasteiger partial charge in [0.05, 0.1) is 0 Å². The zero-order valence-corrected chi connectivity index (χ0v) is 11.2. The maximum Gasteiger partial charge on any atom is -0.0533 e. The fraction of sp³-hybridized carbons (Fsp3) is 1.00. The normalized spacial score (nSPS) is 16.4. The zero-order valence-electron chi connectivity index (χ0n) is 11.2. The Morgan fingerprint density at radius 1 is 0.467 bits per heavy atom. The highest BCUT2D eigenvalue weighted by atomic mass is 14.0. The van der Waals surface area contributed by atoms with Crippen LogP contribution in [0.2, 0.25) is 0 Å². The topological polar surface area (TPSA) is 0 Å². The lowest BCUT2D eigenvalue weighted by Crippen LogP contribution is -1.73. The van der Waals surface area contributed by atoms with Gasteiger partial charge in [-0.1, -0.05) is 97.3 Å². The molecule has 0 aromatic heterocycles. The molecule has 0 spiro atoms. The maximum absolute atomic E-state index is 2.26. The monoisotopic (exact) mass is 212 g/mol. The molecule has 0 heterocycles. The van der Waals surface area contributed by atoms with E-state index in [4.69, 9.17) is 0 Å². The van der Waals surface area contributed by atoms with E-state index in [0.29, 0.717) is 0 Å². The predicted octanol–water partition coefficient (Wildman–Crippen LogP) is 6.10. The Bertz CT molecular complexity index is 70.6. The summed E-state index contributed by atoms with van der Waals surface area (Å²) in [6.07, 6.45) is 19.0. The molecule has 1 aliphatic carbocycles. The third-order valence-electron chi connectivity index (χ3n) is 3.21. The van der Waals surface area contributed by atoms with Gasteiger partial charge in [-0.25, -0.2) is 0 Å². The van der Waals surface area contributed by atoms with Crippen molar-refractivity contribution >= 4 is 0 Å². The molecule has 0 aliphatic heterocycles. The lowest BCUT2D eigenvalue weighted by molar-refractivity contribution is 0.624. The summed E-state index contributed by atoms with van der Waals surface area (Å²) in [7, 11) is 0. The van der Waals surface area contributed by atoms with Crippen molar-refractivity contribution < 1.29 is 0 Å². The molecule has 1 fully saturated rings. The third kappa shape index (κ3) is 14.0. The minimum atomic E-state index is 1.36. The highest BCUT2D eigenvalue weighted by Gasteiger charge is 1.95. The molecular formula is C15H32. The van der Waals surface area contributed by atoms with Gasteiger partial charge in [-0.3, -0.25) is 0 Å². The van der Waals surface area contributed by atoms with E-state index >= 15 is 0 Å².